The Morgan fingerprint density at radius 3 is 2.00 bits per heavy atom. The highest BCUT2D eigenvalue weighted by molar-refractivity contribution is 5.29. The summed E-state index contributed by atoms with van der Waals surface area (Å²) >= 11 is 0. The van der Waals surface area contributed by atoms with E-state index >= 15 is 0 Å². The van der Waals surface area contributed by atoms with Gasteiger partial charge in [0.1, 0.15) is 5.75 Å². The molecule has 0 spiro atoms. The zero-order chi connectivity index (χ0) is 16.0. The number of ether oxygens (including phenoxy) is 2. The molecule has 2 atom stereocenters. The van der Waals surface area contributed by atoms with Gasteiger partial charge in [0, 0.05) is 5.41 Å². The highest BCUT2D eigenvalue weighted by Crippen LogP contribution is 2.28. The largest absolute Gasteiger partial charge is 0.464 e. The molecule has 0 aliphatic carbocycles. The van der Waals surface area contributed by atoms with E-state index in [1.54, 1.807) is 0 Å². The first kappa shape index (κ1) is 18.0. The summed E-state index contributed by atoms with van der Waals surface area (Å²) in [5.41, 5.74) is 1.31. The Bertz CT molecular complexity index is 401. The number of benzene rings is 1. The van der Waals surface area contributed by atoms with E-state index in [1.165, 1.54) is 5.56 Å². The Hall–Kier alpha value is -1.02. The third kappa shape index (κ3) is 6.09. The molecule has 0 fully saturated rings. The van der Waals surface area contributed by atoms with Crippen molar-refractivity contribution in [1.82, 2.24) is 0 Å². The summed E-state index contributed by atoms with van der Waals surface area (Å²) in [5.74, 6) is 1.98. The first-order chi connectivity index (χ1) is 9.74. The van der Waals surface area contributed by atoms with Gasteiger partial charge >= 0.3 is 0 Å². The molecule has 0 saturated heterocycles. The molecule has 0 heterocycles. The smallest absolute Gasteiger partial charge is 0.204 e. The van der Waals surface area contributed by atoms with Crippen LogP contribution in [0.4, 0.5) is 0 Å². The lowest BCUT2D eigenvalue weighted by atomic mass is 9.95. The van der Waals surface area contributed by atoms with E-state index in [9.17, 15) is 0 Å². The van der Waals surface area contributed by atoms with Gasteiger partial charge in [-0.25, -0.2) is 0 Å². The number of rotatable bonds is 7. The van der Waals surface area contributed by atoms with Gasteiger partial charge in [0.15, 0.2) is 0 Å². The van der Waals surface area contributed by atoms with Crippen LogP contribution < -0.4 is 4.74 Å². The molecule has 120 valence electrons. The van der Waals surface area contributed by atoms with E-state index in [-0.39, 0.29) is 11.7 Å². The average Bonchev–Trinajstić information content (AvgIpc) is 2.41. The van der Waals surface area contributed by atoms with E-state index in [4.69, 9.17) is 9.47 Å². The quantitative estimate of drug-likeness (QED) is 0.607. The molecule has 1 aromatic rings. The summed E-state index contributed by atoms with van der Waals surface area (Å²) in [4.78, 5) is 0. The molecule has 2 heteroatoms. The molecule has 0 N–H and O–H groups in total. The Kier molecular flexibility index (Phi) is 6.73. The SMILES string of the molecule is CCC(C)c1ccc(OC(OCC(C)C)C(C)(C)C)cc1. The van der Waals surface area contributed by atoms with Crippen LogP contribution in [0.3, 0.4) is 0 Å². The molecule has 2 nitrogen and oxygen atoms in total. The Morgan fingerprint density at radius 1 is 1.00 bits per heavy atom. The van der Waals surface area contributed by atoms with Crippen LogP contribution in [0.1, 0.15) is 66.4 Å². The van der Waals surface area contributed by atoms with E-state index < -0.39 is 0 Å². The van der Waals surface area contributed by atoms with Crippen molar-refractivity contribution in [2.75, 3.05) is 6.61 Å². The van der Waals surface area contributed by atoms with Crippen LogP contribution in [0.15, 0.2) is 24.3 Å². The Labute approximate surface area is 130 Å². The molecule has 1 rings (SSSR count). The fourth-order valence-corrected chi connectivity index (χ4v) is 1.97. The monoisotopic (exact) mass is 292 g/mol. The van der Waals surface area contributed by atoms with Crippen molar-refractivity contribution in [2.45, 2.75) is 67.1 Å². The zero-order valence-corrected chi connectivity index (χ0v) is 14.8. The number of hydrogen-bond acceptors (Lipinski definition) is 2. The normalized spacial score (nSPS) is 15.0. The third-order valence-electron chi connectivity index (χ3n) is 3.59. The van der Waals surface area contributed by atoms with Gasteiger partial charge < -0.3 is 9.47 Å². The fraction of sp³-hybridized carbons (Fsp3) is 0.684. The molecule has 0 radical (unpaired) electrons. The van der Waals surface area contributed by atoms with E-state index in [0.717, 1.165) is 12.2 Å². The molecule has 0 saturated carbocycles. The van der Waals surface area contributed by atoms with Crippen LogP contribution in [-0.4, -0.2) is 12.9 Å². The van der Waals surface area contributed by atoms with Gasteiger partial charge in [-0.2, -0.15) is 0 Å². The lowest BCUT2D eigenvalue weighted by molar-refractivity contribution is -0.147. The van der Waals surface area contributed by atoms with Gasteiger partial charge in [-0.1, -0.05) is 60.6 Å². The predicted molar refractivity (Wildman–Crippen MR) is 89.8 cm³/mol. The van der Waals surface area contributed by atoms with E-state index in [1.807, 2.05) is 0 Å². The van der Waals surface area contributed by atoms with Crippen molar-refractivity contribution in [3.63, 3.8) is 0 Å². The standard InChI is InChI=1S/C19H32O2/c1-8-15(4)16-9-11-17(12-10-16)21-18(19(5,6)7)20-13-14(2)3/h9-12,14-15,18H,8,13H2,1-7H3. The van der Waals surface area contributed by atoms with Crippen molar-refractivity contribution in [3.05, 3.63) is 29.8 Å². The molecule has 0 amide bonds. The zero-order valence-electron chi connectivity index (χ0n) is 14.8. The minimum atomic E-state index is -0.227. The van der Waals surface area contributed by atoms with Crippen LogP contribution in [0.2, 0.25) is 0 Å². The maximum Gasteiger partial charge on any atom is 0.204 e. The summed E-state index contributed by atoms with van der Waals surface area (Å²) in [7, 11) is 0. The first-order valence-electron chi connectivity index (χ1n) is 8.12. The maximum absolute atomic E-state index is 6.08. The second-order valence-corrected chi connectivity index (χ2v) is 7.42. The van der Waals surface area contributed by atoms with Gasteiger partial charge in [0.25, 0.3) is 0 Å². The average molecular weight is 292 g/mol. The molecule has 21 heavy (non-hydrogen) atoms. The van der Waals surface area contributed by atoms with Gasteiger partial charge in [-0.3, -0.25) is 0 Å². The fourth-order valence-electron chi connectivity index (χ4n) is 1.97. The van der Waals surface area contributed by atoms with Crippen molar-refractivity contribution in [1.29, 1.82) is 0 Å². The topological polar surface area (TPSA) is 18.5 Å². The Morgan fingerprint density at radius 2 is 1.57 bits per heavy atom. The summed E-state index contributed by atoms with van der Waals surface area (Å²) < 4.78 is 12.0. The molecule has 0 aromatic heterocycles. The second-order valence-electron chi connectivity index (χ2n) is 7.42. The summed E-state index contributed by atoms with van der Waals surface area (Å²) in [6.45, 7) is 15.9. The summed E-state index contributed by atoms with van der Waals surface area (Å²) in [5, 5.41) is 0. The lowest BCUT2D eigenvalue weighted by Gasteiger charge is -2.31. The second kappa shape index (κ2) is 7.84. The maximum atomic E-state index is 6.08. The van der Waals surface area contributed by atoms with Crippen molar-refractivity contribution in [2.24, 2.45) is 11.3 Å². The van der Waals surface area contributed by atoms with E-state index in [0.29, 0.717) is 18.4 Å². The first-order valence-corrected chi connectivity index (χ1v) is 8.12. The highest BCUT2D eigenvalue weighted by Gasteiger charge is 2.27. The van der Waals surface area contributed by atoms with Gasteiger partial charge in [-0.05, 0) is 36.0 Å². The molecule has 0 aliphatic rings. The molecular formula is C19H32O2. The van der Waals surface area contributed by atoms with Gasteiger partial charge in [0.2, 0.25) is 6.29 Å². The van der Waals surface area contributed by atoms with E-state index in [2.05, 4.69) is 72.7 Å². The third-order valence-corrected chi connectivity index (χ3v) is 3.59. The molecule has 2 unspecified atom stereocenters. The molecule has 0 aliphatic heterocycles. The van der Waals surface area contributed by atoms with Gasteiger partial charge in [-0.15, -0.1) is 0 Å². The van der Waals surface area contributed by atoms with Gasteiger partial charge in [0.05, 0.1) is 6.61 Å². The molecule has 1 aromatic carbocycles. The van der Waals surface area contributed by atoms with Crippen LogP contribution in [0.25, 0.3) is 0 Å². The predicted octanol–water partition coefficient (Wildman–Crippen LogP) is 5.62. The van der Waals surface area contributed by atoms with Crippen molar-refractivity contribution in [3.8, 4) is 5.75 Å². The highest BCUT2D eigenvalue weighted by atomic mass is 16.7. The lowest BCUT2D eigenvalue weighted by Crippen LogP contribution is -2.35. The molecular weight excluding hydrogens is 260 g/mol. The minimum absolute atomic E-state index is 0.0513. The van der Waals surface area contributed by atoms with Crippen LogP contribution >= 0.6 is 0 Å². The van der Waals surface area contributed by atoms with Crippen molar-refractivity contribution >= 4 is 0 Å². The number of hydrogen-bond donors (Lipinski definition) is 0. The summed E-state index contributed by atoms with van der Waals surface area (Å²) in [6.07, 6.45) is 0.928. The van der Waals surface area contributed by atoms with Crippen LogP contribution in [0.5, 0.6) is 5.75 Å². The van der Waals surface area contributed by atoms with Crippen LogP contribution in [-0.2, 0) is 4.74 Å². The van der Waals surface area contributed by atoms with Crippen molar-refractivity contribution < 1.29 is 9.47 Å². The van der Waals surface area contributed by atoms with Crippen LogP contribution in [0, 0.1) is 11.3 Å². The minimum Gasteiger partial charge on any atom is -0.464 e. The Balaban J connectivity index is 2.74. The summed E-state index contributed by atoms with van der Waals surface area (Å²) in [6, 6.07) is 8.43. The molecule has 0 bridgehead atoms.